The van der Waals surface area contributed by atoms with Gasteiger partial charge in [0.05, 0.1) is 5.54 Å². The van der Waals surface area contributed by atoms with E-state index in [1.807, 2.05) is 0 Å². The van der Waals surface area contributed by atoms with Crippen LogP contribution in [-0.4, -0.2) is 19.6 Å². The lowest BCUT2D eigenvalue weighted by atomic mass is 9.89. The first kappa shape index (κ1) is 14.6. The molecule has 2 nitrogen and oxygen atoms in total. The molecule has 1 heterocycles. The van der Waals surface area contributed by atoms with Gasteiger partial charge in [0.2, 0.25) is 0 Å². The van der Waals surface area contributed by atoms with E-state index in [9.17, 15) is 0 Å². The van der Waals surface area contributed by atoms with Gasteiger partial charge in [0.15, 0.2) is 0 Å². The summed E-state index contributed by atoms with van der Waals surface area (Å²) in [6.45, 7) is 7.50. The third kappa shape index (κ3) is 2.99. The Bertz CT molecular complexity index is 626. The first-order valence-corrected chi connectivity index (χ1v) is 8.19. The van der Waals surface area contributed by atoms with Gasteiger partial charge in [-0.1, -0.05) is 52.3 Å². The molecule has 0 aromatic heterocycles. The molecule has 1 unspecified atom stereocenters. The number of rotatable bonds is 2. The molecule has 1 fully saturated rings. The predicted octanol–water partition coefficient (Wildman–Crippen LogP) is 4.08. The number of piperazine rings is 1. The van der Waals surface area contributed by atoms with Gasteiger partial charge in [-0.05, 0) is 37.1 Å². The average Bonchev–Trinajstić information content (AvgIpc) is 2.51. The minimum atomic E-state index is -0.00569. The van der Waals surface area contributed by atoms with Crippen molar-refractivity contribution in [3.63, 3.8) is 0 Å². The highest BCUT2D eigenvalue weighted by Crippen LogP contribution is 2.30. The van der Waals surface area contributed by atoms with Gasteiger partial charge in [0.25, 0.3) is 0 Å². The summed E-state index contributed by atoms with van der Waals surface area (Å²) in [5.41, 5.74) is 4.00. The van der Waals surface area contributed by atoms with Crippen molar-refractivity contribution in [2.75, 3.05) is 24.5 Å². The molecule has 3 heteroatoms. The van der Waals surface area contributed by atoms with Gasteiger partial charge in [-0.15, -0.1) is 0 Å². The Morgan fingerprint density at radius 3 is 2.67 bits per heavy atom. The molecule has 3 rings (SSSR count). The lowest BCUT2D eigenvalue weighted by Crippen LogP contribution is -2.57. The van der Waals surface area contributed by atoms with E-state index in [1.54, 1.807) is 0 Å². The van der Waals surface area contributed by atoms with Crippen molar-refractivity contribution in [2.24, 2.45) is 0 Å². The van der Waals surface area contributed by atoms with Crippen LogP contribution in [0.5, 0.6) is 0 Å². The van der Waals surface area contributed by atoms with Gasteiger partial charge < -0.3 is 10.2 Å². The molecule has 1 aliphatic heterocycles. The van der Waals surface area contributed by atoms with Crippen molar-refractivity contribution in [3.05, 3.63) is 64.1 Å². The molecule has 0 radical (unpaired) electrons. The van der Waals surface area contributed by atoms with Crippen molar-refractivity contribution in [1.82, 2.24) is 5.32 Å². The number of anilines is 1. The van der Waals surface area contributed by atoms with Crippen LogP contribution < -0.4 is 10.2 Å². The molecule has 0 bridgehead atoms. The number of halogens is 1. The Labute approximate surface area is 135 Å². The summed E-state index contributed by atoms with van der Waals surface area (Å²) in [7, 11) is 0. The minimum Gasteiger partial charge on any atom is -0.368 e. The van der Waals surface area contributed by atoms with Crippen molar-refractivity contribution in [1.29, 1.82) is 0 Å². The molecule has 0 amide bonds. The van der Waals surface area contributed by atoms with Crippen LogP contribution in [0.4, 0.5) is 5.69 Å². The van der Waals surface area contributed by atoms with Gasteiger partial charge in [-0.3, -0.25) is 0 Å². The Kier molecular flexibility index (Phi) is 4.05. The lowest BCUT2D eigenvalue weighted by Gasteiger charge is -2.43. The van der Waals surface area contributed by atoms with E-state index >= 15 is 0 Å². The molecule has 0 spiro atoms. The van der Waals surface area contributed by atoms with Crippen LogP contribution in [0.2, 0.25) is 0 Å². The van der Waals surface area contributed by atoms with Crippen molar-refractivity contribution in [3.8, 4) is 0 Å². The number of nitrogens with zero attached hydrogens (tertiary/aromatic N) is 1. The van der Waals surface area contributed by atoms with Gasteiger partial charge in [-0.2, -0.15) is 0 Å². The fourth-order valence-corrected chi connectivity index (χ4v) is 3.46. The zero-order chi connectivity index (χ0) is 14.9. The van der Waals surface area contributed by atoms with E-state index in [2.05, 4.69) is 88.5 Å². The molecule has 1 N–H and O–H groups in total. The van der Waals surface area contributed by atoms with E-state index in [0.717, 1.165) is 24.1 Å². The summed E-state index contributed by atoms with van der Waals surface area (Å²) in [6, 6.07) is 17.3. The predicted molar refractivity (Wildman–Crippen MR) is 92.9 cm³/mol. The largest absolute Gasteiger partial charge is 0.368 e. The molecular weight excluding hydrogens is 324 g/mol. The second-order valence-corrected chi connectivity index (χ2v) is 6.89. The number of nitrogens with one attached hydrogen (secondary N) is 1. The van der Waals surface area contributed by atoms with E-state index < -0.39 is 0 Å². The Balaban J connectivity index is 1.91. The number of hydrogen-bond donors (Lipinski definition) is 1. The molecule has 0 saturated carbocycles. The minimum absolute atomic E-state index is 0.00569. The second-order valence-electron chi connectivity index (χ2n) is 5.98. The van der Waals surface area contributed by atoms with Gasteiger partial charge in [0.1, 0.15) is 0 Å². The van der Waals surface area contributed by atoms with Gasteiger partial charge in [-0.25, -0.2) is 0 Å². The molecule has 1 atom stereocenters. The molecule has 110 valence electrons. The summed E-state index contributed by atoms with van der Waals surface area (Å²) in [4.78, 5) is 2.49. The first-order valence-electron chi connectivity index (χ1n) is 7.40. The number of hydrogen-bond acceptors (Lipinski definition) is 2. The highest BCUT2D eigenvalue weighted by atomic mass is 79.9. The second kappa shape index (κ2) is 5.82. The topological polar surface area (TPSA) is 15.3 Å². The maximum atomic E-state index is 3.69. The van der Waals surface area contributed by atoms with E-state index in [4.69, 9.17) is 0 Å². The maximum Gasteiger partial charge on any atom is 0.0584 e. The number of aryl methyl sites for hydroxylation is 1. The molecule has 2 aromatic carbocycles. The van der Waals surface area contributed by atoms with E-state index in [1.165, 1.54) is 16.8 Å². The third-order valence-electron chi connectivity index (χ3n) is 4.33. The van der Waals surface area contributed by atoms with Crippen LogP contribution in [0.25, 0.3) is 0 Å². The molecular formula is C18H21BrN2. The third-order valence-corrected chi connectivity index (χ3v) is 4.82. The lowest BCUT2D eigenvalue weighted by molar-refractivity contribution is 0.332. The Morgan fingerprint density at radius 2 is 1.90 bits per heavy atom. The summed E-state index contributed by atoms with van der Waals surface area (Å²) < 4.78 is 1.14. The zero-order valence-electron chi connectivity index (χ0n) is 12.6. The highest BCUT2D eigenvalue weighted by Gasteiger charge is 2.32. The summed E-state index contributed by atoms with van der Waals surface area (Å²) in [5, 5.41) is 3.69. The fraction of sp³-hybridized carbons (Fsp3) is 0.333. The average molecular weight is 345 g/mol. The van der Waals surface area contributed by atoms with E-state index in [-0.39, 0.29) is 5.54 Å². The Morgan fingerprint density at radius 1 is 1.14 bits per heavy atom. The first-order chi connectivity index (χ1) is 10.1. The smallest absolute Gasteiger partial charge is 0.0584 e. The van der Waals surface area contributed by atoms with E-state index in [0.29, 0.717) is 0 Å². The molecule has 1 saturated heterocycles. The van der Waals surface area contributed by atoms with Crippen LogP contribution in [-0.2, 0) is 5.54 Å². The fourth-order valence-electron chi connectivity index (χ4n) is 3.11. The normalized spacial score (nSPS) is 22.3. The Hall–Kier alpha value is -1.32. The molecule has 21 heavy (non-hydrogen) atoms. The summed E-state index contributed by atoms with van der Waals surface area (Å²) >= 11 is 3.59. The van der Waals surface area contributed by atoms with Crippen molar-refractivity contribution < 1.29 is 0 Å². The van der Waals surface area contributed by atoms with Crippen LogP contribution in [0, 0.1) is 6.92 Å². The standard InChI is InChI=1S/C18H21BrN2/c1-14-8-9-16(19)12-17(14)21-11-10-20-18(2,13-21)15-6-4-3-5-7-15/h3-9,12,20H,10-11,13H2,1-2H3. The molecule has 1 aliphatic rings. The van der Waals surface area contributed by atoms with Gasteiger partial charge >= 0.3 is 0 Å². The monoisotopic (exact) mass is 344 g/mol. The van der Waals surface area contributed by atoms with Crippen molar-refractivity contribution in [2.45, 2.75) is 19.4 Å². The van der Waals surface area contributed by atoms with Crippen LogP contribution in [0.3, 0.4) is 0 Å². The quantitative estimate of drug-likeness (QED) is 0.882. The summed E-state index contributed by atoms with van der Waals surface area (Å²) in [6.07, 6.45) is 0. The highest BCUT2D eigenvalue weighted by molar-refractivity contribution is 9.10. The van der Waals surface area contributed by atoms with Crippen molar-refractivity contribution >= 4 is 21.6 Å². The molecule has 2 aromatic rings. The zero-order valence-corrected chi connectivity index (χ0v) is 14.2. The maximum absolute atomic E-state index is 3.69. The SMILES string of the molecule is Cc1ccc(Br)cc1N1CCNC(C)(c2ccccc2)C1. The summed E-state index contributed by atoms with van der Waals surface area (Å²) in [5.74, 6) is 0. The van der Waals surface area contributed by atoms with Gasteiger partial charge in [0, 0.05) is 29.8 Å². The molecule has 0 aliphatic carbocycles. The van der Waals surface area contributed by atoms with Crippen LogP contribution in [0.1, 0.15) is 18.1 Å². The van der Waals surface area contributed by atoms with Crippen LogP contribution in [0.15, 0.2) is 53.0 Å². The number of benzene rings is 2. The van der Waals surface area contributed by atoms with Crippen LogP contribution >= 0.6 is 15.9 Å².